The minimum Gasteiger partial charge on any atom is -0.354 e. The topological polar surface area (TPSA) is 58.4 Å². The molecule has 1 aliphatic rings. The summed E-state index contributed by atoms with van der Waals surface area (Å²) in [7, 11) is 0. The van der Waals surface area contributed by atoms with Crippen LogP contribution >= 0.6 is 0 Å². The van der Waals surface area contributed by atoms with Crippen molar-refractivity contribution >= 4 is 11.8 Å². The second-order valence-electron chi connectivity index (χ2n) is 6.99. The van der Waals surface area contributed by atoms with Gasteiger partial charge in [-0.05, 0) is 30.7 Å². The van der Waals surface area contributed by atoms with E-state index in [0.29, 0.717) is 17.5 Å². The van der Waals surface area contributed by atoms with Gasteiger partial charge in [0.05, 0.1) is 0 Å². The maximum absolute atomic E-state index is 12.5. The van der Waals surface area contributed by atoms with Gasteiger partial charge in [-0.25, -0.2) is 4.79 Å². The molecule has 3 aromatic rings. The third-order valence-electron chi connectivity index (χ3n) is 5.07. The van der Waals surface area contributed by atoms with Gasteiger partial charge >= 0.3 is 6.03 Å². The van der Waals surface area contributed by atoms with E-state index in [9.17, 15) is 4.79 Å². The molecule has 138 valence electrons. The fourth-order valence-corrected chi connectivity index (χ4v) is 3.55. The van der Waals surface area contributed by atoms with Crippen molar-refractivity contribution in [2.45, 2.75) is 19.3 Å². The van der Waals surface area contributed by atoms with Crippen LogP contribution in [0.3, 0.4) is 0 Å². The molecule has 1 aliphatic heterocycles. The summed E-state index contributed by atoms with van der Waals surface area (Å²) in [5.74, 6) is 1.73. The van der Waals surface area contributed by atoms with E-state index in [0.717, 1.165) is 37.9 Å². The van der Waals surface area contributed by atoms with Crippen LogP contribution < -0.4 is 5.32 Å². The number of nitrogens with one attached hydrogen (secondary N) is 1. The fourth-order valence-electron chi connectivity index (χ4n) is 3.55. The number of likely N-dealkylation sites (tertiary alicyclic amines) is 1. The standard InChI is InChI=1S/C22H23N3O2/c26-22(23-21-16-20(27-24-21)19-9-5-2-6-10-19)25-13-11-18(12-14-25)15-17-7-3-1-4-8-17/h1-10,16,18H,11-15H2,(H,23,24,26). The van der Waals surface area contributed by atoms with Crippen molar-refractivity contribution in [2.24, 2.45) is 5.92 Å². The number of hydrogen-bond donors (Lipinski definition) is 1. The Kier molecular flexibility index (Phi) is 5.19. The molecule has 1 fully saturated rings. The monoisotopic (exact) mass is 361 g/mol. The van der Waals surface area contributed by atoms with Crippen LogP contribution in [0.2, 0.25) is 0 Å². The van der Waals surface area contributed by atoms with Crippen LogP contribution in [0.15, 0.2) is 71.3 Å². The third kappa shape index (κ3) is 4.37. The van der Waals surface area contributed by atoms with Crippen molar-refractivity contribution in [1.29, 1.82) is 0 Å². The van der Waals surface area contributed by atoms with Crippen molar-refractivity contribution in [2.75, 3.05) is 18.4 Å². The first-order valence-corrected chi connectivity index (χ1v) is 9.40. The summed E-state index contributed by atoms with van der Waals surface area (Å²) in [6.07, 6.45) is 3.13. The molecule has 2 aromatic carbocycles. The lowest BCUT2D eigenvalue weighted by Crippen LogP contribution is -2.41. The number of piperidine rings is 1. The number of nitrogens with zero attached hydrogens (tertiary/aromatic N) is 2. The molecule has 0 bridgehead atoms. The smallest absolute Gasteiger partial charge is 0.323 e. The van der Waals surface area contributed by atoms with Gasteiger partial charge in [0.1, 0.15) is 0 Å². The molecule has 1 N–H and O–H groups in total. The maximum Gasteiger partial charge on any atom is 0.323 e. The third-order valence-corrected chi connectivity index (χ3v) is 5.07. The molecule has 2 heterocycles. The largest absolute Gasteiger partial charge is 0.354 e. The Morgan fingerprint density at radius 1 is 1.04 bits per heavy atom. The molecule has 1 saturated heterocycles. The van der Waals surface area contributed by atoms with Crippen LogP contribution in [0.5, 0.6) is 0 Å². The zero-order chi connectivity index (χ0) is 18.5. The molecule has 0 spiro atoms. The maximum atomic E-state index is 12.5. The lowest BCUT2D eigenvalue weighted by Gasteiger charge is -2.31. The molecule has 4 rings (SSSR count). The van der Waals surface area contributed by atoms with Gasteiger partial charge in [0, 0.05) is 24.7 Å². The van der Waals surface area contributed by atoms with E-state index >= 15 is 0 Å². The highest BCUT2D eigenvalue weighted by atomic mass is 16.5. The second kappa shape index (κ2) is 8.08. The average molecular weight is 361 g/mol. The van der Waals surface area contributed by atoms with Crippen LogP contribution in [-0.4, -0.2) is 29.2 Å². The summed E-state index contributed by atoms with van der Waals surface area (Å²) < 4.78 is 5.34. The highest BCUT2D eigenvalue weighted by molar-refractivity contribution is 5.88. The summed E-state index contributed by atoms with van der Waals surface area (Å²) in [6.45, 7) is 1.54. The molecule has 0 aliphatic carbocycles. The van der Waals surface area contributed by atoms with Gasteiger partial charge in [-0.2, -0.15) is 0 Å². The van der Waals surface area contributed by atoms with Gasteiger partial charge in [-0.15, -0.1) is 0 Å². The molecule has 0 radical (unpaired) electrons. The molecule has 27 heavy (non-hydrogen) atoms. The van der Waals surface area contributed by atoms with E-state index in [1.165, 1.54) is 5.56 Å². The highest BCUT2D eigenvalue weighted by Gasteiger charge is 2.23. The minimum atomic E-state index is -0.110. The van der Waals surface area contributed by atoms with E-state index in [1.807, 2.05) is 41.3 Å². The van der Waals surface area contributed by atoms with E-state index < -0.39 is 0 Å². The van der Waals surface area contributed by atoms with E-state index in [1.54, 1.807) is 6.07 Å². The number of urea groups is 1. The predicted molar refractivity (Wildman–Crippen MR) is 105 cm³/mol. The van der Waals surface area contributed by atoms with Crippen LogP contribution in [-0.2, 0) is 6.42 Å². The Morgan fingerprint density at radius 3 is 2.41 bits per heavy atom. The van der Waals surface area contributed by atoms with Crippen LogP contribution in [0.4, 0.5) is 10.6 Å². The normalized spacial score (nSPS) is 14.9. The first-order chi connectivity index (χ1) is 13.3. The Morgan fingerprint density at radius 2 is 1.70 bits per heavy atom. The van der Waals surface area contributed by atoms with Crippen molar-refractivity contribution in [1.82, 2.24) is 10.1 Å². The van der Waals surface area contributed by atoms with Gasteiger partial charge in [0.25, 0.3) is 0 Å². The average Bonchev–Trinajstić information content (AvgIpc) is 3.18. The Hall–Kier alpha value is -3.08. The van der Waals surface area contributed by atoms with E-state index in [-0.39, 0.29) is 6.03 Å². The molecular formula is C22H23N3O2. The molecule has 2 amide bonds. The van der Waals surface area contributed by atoms with Gasteiger partial charge in [0.2, 0.25) is 0 Å². The van der Waals surface area contributed by atoms with Gasteiger partial charge in [-0.3, -0.25) is 5.32 Å². The number of rotatable bonds is 4. The Balaban J connectivity index is 1.29. The Bertz CT molecular complexity index is 869. The summed E-state index contributed by atoms with van der Waals surface area (Å²) in [6, 6.07) is 21.9. The van der Waals surface area contributed by atoms with Crippen molar-refractivity contribution in [3.63, 3.8) is 0 Å². The first kappa shape index (κ1) is 17.3. The molecule has 5 nitrogen and oxygen atoms in total. The minimum absolute atomic E-state index is 0.110. The quantitative estimate of drug-likeness (QED) is 0.724. The SMILES string of the molecule is O=C(Nc1cc(-c2ccccc2)on1)N1CCC(Cc2ccccc2)CC1. The number of amides is 2. The van der Waals surface area contributed by atoms with Crippen LogP contribution in [0, 0.1) is 5.92 Å². The molecule has 0 atom stereocenters. The predicted octanol–water partition coefficient (Wildman–Crippen LogP) is 4.83. The number of benzene rings is 2. The van der Waals surface area contributed by atoms with Gasteiger partial charge < -0.3 is 9.42 Å². The summed E-state index contributed by atoms with van der Waals surface area (Å²) in [4.78, 5) is 14.4. The zero-order valence-corrected chi connectivity index (χ0v) is 15.2. The van der Waals surface area contributed by atoms with Gasteiger partial charge in [-0.1, -0.05) is 65.8 Å². The Labute approximate surface area is 159 Å². The zero-order valence-electron chi connectivity index (χ0n) is 15.2. The van der Waals surface area contributed by atoms with Gasteiger partial charge in [0.15, 0.2) is 11.6 Å². The van der Waals surface area contributed by atoms with Crippen LogP contribution in [0.1, 0.15) is 18.4 Å². The lowest BCUT2D eigenvalue weighted by atomic mass is 9.90. The molecule has 0 saturated carbocycles. The van der Waals surface area contributed by atoms with Crippen molar-refractivity contribution in [3.05, 3.63) is 72.3 Å². The van der Waals surface area contributed by atoms with Crippen molar-refractivity contribution < 1.29 is 9.32 Å². The van der Waals surface area contributed by atoms with Crippen LogP contribution in [0.25, 0.3) is 11.3 Å². The highest BCUT2D eigenvalue weighted by Crippen LogP contribution is 2.24. The van der Waals surface area contributed by atoms with Crippen molar-refractivity contribution in [3.8, 4) is 11.3 Å². The number of anilines is 1. The summed E-state index contributed by atoms with van der Waals surface area (Å²) in [5, 5.41) is 6.81. The molecule has 0 unspecified atom stereocenters. The van der Waals surface area contributed by atoms with E-state index in [2.05, 4.69) is 34.7 Å². The molecule has 1 aromatic heterocycles. The van der Waals surface area contributed by atoms with E-state index in [4.69, 9.17) is 4.52 Å². The summed E-state index contributed by atoms with van der Waals surface area (Å²) in [5.41, 5.74) is 2.31. The number of carbonyl (C=O) groups excluding carboxylic acids is 1. The molecule has 5 heteroatoms. The summed E-state index contributed by atoms with van der Waals surface area (Å²) >= 11 is 0. The number of carbonyl (C=O) groups is 1. The fraction of sp³-hybridized carbons (Fsp3) is 0.273. The first-order valence-electron chi connectivity index (χ1n) is 9.40. The number of aromatic nitrogens is 1. The lowest BCUT2D eigenvalue weighted by molar-refractivity contribution is 0.182. The molecular weight excluding hydrogens is 338 g/mol. The number of hydrogen-bond acceptors (Lipinski definition) is 3. The second-order valence-corrected chi connectivity index (χ2v) is 6.99.